The second kappa shape index (κ2) is 3.78. The van der Waals surface area contributed by atoms with Crippen molar-refractivity contribution in [2.75, 3.05) is 5.73 Å². The first-order valence-electron chi connectivity index (χ1n) is 5.23. The zero-order valence-electron chi connectivity index (χ0n) is 9.41. The maximum absolute atomic E-state index is 5.72. The van der Waals surface area contributed by atoms with Crippen molar-refractivity contribution in [1.29, 1.82) is 0 Å². The van der Waals surface area contributed by atoms with Crippen molar-refractivity contribution in [2.45, 2.75) is 19.8 Å². The molecule has 17 heavy (non-hydrogen) atoms. The Bertz CT molecular complexity index is 663. The molecule has 0 amide bonds. The third-order valence-electron chi connectivity index (χ3n) is 2.37. The minimum Gasteiger partial charge on any atom is -0.391 e. The van der Waals surface area contributed by atoms with Crippen molar-refractivity contribution < 1.29 is 0 Å². The van der Waals surface area contributed by atoms with Gasteiger partial charge in [-0.1, -0.05) is 25.2 Å². The Hall–Kier alpha value is -1.47. The Kier molecular flexibility index (Phi) is 2.37. The van der Waals surface area contributed by atoms with Crippen LogP contribution in [0.5, 0.6) is 0 Å². The van der Waals surface area contributed by atoms with Gasteiger partial charge in [0, 0.05) is 5.92 Å². The normalized spacial score (nSPS) is 11.7. The maximum Gasteiger partial charge on any atom is 0.235 e. The summed E-state index contributed by atoms with van der Waals surface area (Å²) >= 11 is 3.07. The van der Waals surface area contributed by atoms with Gasteiger partial charge in [0.1, 0.15) is 0 Å². The van der Waals surface area contributed by atoms with Crippen LogP contribution in [0.2, 0.25) is 0 Å². The van der Waals surface area contributed by atoms with Crippen LogP contribution < -0.4 is 5.73 Å². The summed E-state index contributed by atoms with van der Waals surface area (Å²) in [6.45, 7) is 4.16. The van der Waals surface area contributed by atoms with Crippen molar-refractivity contribution in [3.05, 3.63) is 18.0 Å². The predicted octanol–water partition coefficient (Wildman–Crippen LogP) is 2.62. The van der Waals surface area contributed by atoms with Gasteiger partial charge in [-0.15, -0.1) is 21.5 Å². The van der Waals surface area contributed by atoms with Crippen molar-refractivity contribution in [2.24, 2.45) is 0 Å². The van der Waals surface area contributed by atoms with Crippen LogP contribution in [0.4, 0.5) is 5.00 Å². The van der Waals surface area contributed by atoms with Crippen LogP contribution in [0.25, 0.3) is 14.8 Å². The molecule has 0 radical (unpaired) electrons. The van der Waals surface area contributed by atoms with E-state index >= 15 is 0 Å². The molecule has 2 N–H and O–H groups in total. The molecule has 0 aromatic carbocycles. The summed E-state index contributed by atoms with van der Waals surface area (Å²) in [6, 6.07) is 3.88. The molecular weight excluding hydrogens is 254 g/mol. The Labute approximate surface area is 106 Å². The molecule has 0 saturated heterocycles. The molecule has 0 saturated carbocycles. The zero-order valence-corrected chi connectivity index (χ0v) is 11.0. The topological polar surface area (TPSA) is 69.1 Å². The van der Waals surface area contributed by atoms with Crippen LogP contribution in [-0.2, 0) is 0 Å². The molecule has 3 rings (SSSR count). The van der Waals surface area contributed by atoms with E-state index in [2.05, 4.69) is 29.1 Å². The van der Waals surface area contributed by atoms with Crippen LogP contribution in [0.15, 0.2) is 12.1 Å². The Balaban J connectivity index is 2.14. The highest BCUT2D eigenvalue weighted by atomic mass is 32.1. The lowest BCUT2D eigenvalue weighted by Gasteiger charge is -1.97. The van der Waals surface area contributed by atoms with Gasteiger partial charge in [-0.3, -0.25) is 0 Å². The number of hydrogen-bond donors (Lipinski definition) is 1. The molecule has 0 aliphatic carbocycles. The second-order valence-electron chi connectivity index (χ2n) is 4.02. The summed E-state index contributed by atoms with van der Waals surface area (Å²) in [4.78, 5) is 1.91. The molecule has 3 aromatic heterocycles. The number of anilines is 1. The molecule has 5 nitrogen and oxygen atoms in total. The molecule has 0 spiro atoms. The van der Waals surface area contributed by atoms with Crippen LogP contribution in [0, 0.1) is 0 Å². The molecule has 88 valence electrons. The zero-order chi connectivity index (χ0) is 12.0. The summed E-state index contributed by atoms with van der Waals surface area (Å²) in [5.74, 6) is 1.21. The first kappa shape index (κ1) is 10.7. The molecule has 3 heterocycles. The SMILES string of the molecule is CC(C)c1nnc2sc(-c3ccc(N)s3)nn12. The summed E-state index contributed by atoms with van der Waals surface area (Å²) in [5, 5.41) is 14.6. The number of fused-ring (bicyclic) bond motifs is 1. The van der Waals surface area contributed by atoms with Gasteiger partial charge in [0.2, 0.25) is 4.96 Å². The highest BCUT2D eigenvalue weighted by molar-refractivity contribution is 7.25. The van der Waals surface area contributed by atoms with Crippen molar-refractivity contribution in [3.8, 4) is 9.88 Å². The summed E-state index contributed by atoms with van der Waals surface area (Å²) in [6.07, 6.45) is 0. The monoisotopic (exact) mass is 265 g/mol. The van der Waals surface area contributed by atoms with E-state index in [-0.39, 0.29) is 0 Å². The molecule has 0 atom stereocenters. The molecule has 0 aliphatic rings. The number of thiophene rings is 1. The lowest BCUT2D eigenvalue weighted by Crippen LogP contribution is -1.97. The molecule has 0 bridgehead atoms. The van der Waals surface area contributed by atoms with E-state index in [9.17, 15) is 0 Å². The Morgan fingerprint density at radius 2 is 2.06 bits per heavy atom. The smallest absolute Gasteiger partial charge is 0.235 e. The van der Waals surface area contributed by atoms with Crippen LogP contribution in [-0.4, -0.2) is 19.8 Å². The Morgan fingerprint density at radius 1 is 1.24 bits per heavy atom. The van der Waals surface area contributed by atoms with E-state index in [0.717, 1.165) is 25.7 Å². The minimum atomic E-state index is 0.313. The van der Waals surface area contributed by atoms with Crippen LogP contribution in [0.1, 0.15) is 25.6 Å². The highest BCUT2D eigenvalue weighted by Crippen LogP contribution is 2.33. The van der Waals surface area contributed by atoms with E-state index in [1.165, 1.54) is 22.7 Å². The third-order valence-corrected chi connectivity index (χ3v) is 4.35. The van der Waals surface area contributed by atoms with Crippen molar-refractivity contribution >= 4 is 32.6 Å². The molecule has 0 aliphatic heterocycles. The first-order valence-corrected chi connectivity index (χ1v) is 6.86. The number of nitrogens with two attached hydrogens (primary N) is 1. The predicted molar refractivity (Wildman–Crippen MR) is 70.5 cm³/mol. The lowest BCUT2D eigenvalue weighted by molar-refractivity contribution is 0.727. The standard InChI is InChI=1S/C10H11N5S2/c1-5(2)8-12-13-10-15(8)14-9(17-10)6-3-4-7(11)16-6/h3-5H,11H2,1-2H3. The van der Waals surface area contributed by atoms with Gasteiger partial charge in [0.05, 0.1) is 9.88 Å². The fraction of sp³-hybridized carbons (Fsp3) is 0.300. The van der Waals surface area contributed by atoms with Gasteiger partial charge >= 0.3 is 0 Å². The van der Waals surface area contributed by atoms with Gasteiger partial charge in [-0.25, -0.2) is 0 Å². The van der Waals surface area contributed by atoms with Gasteiger partial charge in [-0.05, 0) is 12.1 Å². The van der Waals surface area contributed by atoms with Crippen molar-refractivity contribution in [1.82, 2.24) is 19.8 Å². The van der Waals surface area contributed by atoms with Gasteiger partial charge < -0.3 is 5.73 Å². The number of rotatable bonds is 2. The van der Waals surface area contributed by atoms with Crippen molar-refractivity contribution in [3.63, 3.8) is 0 Å². The molecule has 0 unspecified atom stereocenters. The molecule has 3 aromatic rings. The fourth-order valence-corrected chi connectivity index (χ4v) is 3.23. The third kappa shape index (κ3) is 1.71. The van der Waals surface area contributed by atoms with E-state index in [0.29, 0.717) is 5.92 Å². The van der Waals surface area contributed by atoms with Crippen LogP contribution >= 0.6 is 22.7 Å². The van der Waals surface area contributed by atoms with Gasteiger partial charge in [0.15, 0.2) is 10.8 Å². The molecular formula is C10H11N5S2. The van der Waals surface area contributed by atoms with E-state index in [1.807, 2.05) is 16.6 Å². The molecule has 0 fully saturated rings. The number of hydrogen-bond acceptors (Lipinski definition) is 6. The van der Waals surface area contributed by atoms with Crippen LogP contribution in [0.3, 0.4) is 0 Å². The second-order valence-corrected chi connectivity index (χ2v) is 6.09. The Morgan fingerprint density at radius 3 is 2.71 bits per heavy atom. The maximum atomic E-state index is 5.72. The number of nitrogen functional groups attached to an aromatic ring is 1. The van der Waals surface area contributed by atoms with Gasteiger partial charge in [-0.2, -0.15) is 9.61 Å². The summed E-state index contributed by atoms with van der Waals surface area (Å²) < 4.78 is 1.82. The van der Waals surface area contributed by atoms with Gasteiger partial charge in [0.25, 0.3) is 0 Å². The minimum absolute atomic E-state index is 0.313. The highest BCUT2D eigenvalue weighted by Gasteiger charge is 2.15. The number of aromatic nitrogens is 4. The first-order chi connectivity index (χ1) is 8.15. The fourth-order valence-electron chi connectivity index (χ4n) is 1.56. The van der Waals surface area contributed by atoms with E-state index in [4.69, 9.17) is 5.73 Å². The number of nitrogens with zero attached hydrogens (tertiary/aromatic N) is 4. The molecule has 7 heteroatoms. The largest absolute Gasteiger partial charge is 0.391 e. The lowest BCUT2D eigenvalue weighted by atomic mass is 10.2. The summed E-state index contributed by atoms with van der Waals surface area (Å²) in [7, 11) is 0. The van der Waals surface area contributed by atoms with E-state index in [1.54, 1.807) is 0 Å². The summed E-state index contributed by atoms with van der Waals surface area (Å²) in [5.41, 5.74) is 5.72. The quantitative estimate of drug-likeness (QED) is 0.773. The average molecular weight is 265 g/mol. The average Bonchev–Trinajstić information content (AvgIpc) is 2.89. The van der Waals surface area contributed by atoms with E-state index < -0.39 is 0 Å².